The minimum atomic E-state index is -3.27. The Kier molecular flexibility index (Phi) is 4.85. The fourth-order valence-corrected chi connectivity index (χ4v) is 7.73. The zero-order valence-electron chi connectivity index (χ0n) is 19.6. The van der Waals surface area contributed by atoms with E-state index < -0.39 is 7.14 Å². The Bertz CT molecular complexity index is 1680. The summed E-state index contributed by atoms with van der Waals surface area (Å²) in [7, 11) is -3.27. The monoisotopic (exact) mass is 455 g/mol. The second kappa shape index (κ2) is 8.45. The highest BCUT2D eigenvalue weighted by atomic mass is 31.2. The Morgan fingerprint density at radius 1 is 0.500 bits per heavy atom. The summed E-state index contributed by atoms with van der Waals surface area (Å²) in [5, 5.41) is 6.45. The van der Waals surface area contributed by atoms with Crippen molar-refractivity contribution in [3.05, 3.63) is 140 Å². The molecule has 34 heavy (non-hydrogen) atoms. The molecule has 162 valence electrons. The maximum atomic E-state index is 15.4. The molecule has 0 radical (unpaired) electrons. The molecular formula is C32H23OP. The van der Waals surface area contributed by atoms with E-state index in [0.717, 1.165) is 48.6 Å². The molecule has 0 unspecified atom stereocenters. The number of benzene rings is 6. The number of fused-ring (bicyclic) bond motifs is 2. The van der Waals surface area contributed by atoms with E-state index in [4.69, 9.17) is 1.37 Å². The summed E-state index contributed by atoms with van der Waals surface area (Å²) in [6.45, 7) is 0. The van der Waals surface area contributed by atoms with Crippen molar-refractivity contribution in [2.24, 2.45) is 0 Å². The Labute approximate surface area is 201 Å². The van der Waals surface area contributed by atoms with Gasteiger partial charge in [0.15, 0.2) is 7.14 Å². The van der Waals surface area contributed by atoms with Gasteiger partial charge in [-0.05, 0) is 33.2 Å². The summed E-state index contributed by atoms with van der Waals surface area (Å²) < 4.78 is 24.4. The largest absolute Gasteiger partial charge is 0.309 e. The summed E-state index contributed by atoms with van der Waals surface area (Å²) in [6, 6.07) is 44.2. The molecule has 6 aromatic carbocycles. The van der Waals surface area contributed by atoms with Crippen LogP contribution in [0.3, 0.4) is 0 Å². The zero-order valence-corrected chi connectivity index (χ0v) is 19.5. The maximum absolute atomic E-state index is 15.4. The lowest BCUT2D eigenvalue weighted by Crippen LogP contribution is -2.26. The summed E-state index contributed by atoms with van der Waals surface area (Å²) in [5.41, 5.74) is 1.70. The van der Waals surface area contributed by atoms with E-state index in [1.54, 1.807) is 0 Å². The van der Waals surface area contributed by atoms with Crippen molar-refractivity contribution in [1.29, 1.82) is 0 Å². The molecule has 0 spiro atoms. The summed E-state index contributed by atoms with van der Waals surface area (Å²) in [5.74, 6) is 0. The molecule has 0 aliphatic carbocycles. The van der Waals surface area contributed by atoms with Gasteiger partial charge in [-0.25, -0.2) is 0 Å². The lowest BCUT2D eigenvalue weighted by molar-refractivity contribution is 0.592. The molecule has 2 heteroatoms. The zero-order chi connectivity index (χ0) is 23.8. The topological polar surface area (TPSA) is 17.1 Å². The Balaban J connectivity index is 1.82. The van der Waals surface area contributed by atoms with Crippen LogP contribution in [0.4, 0.5) is 0 Å². The van der Waals surface area contributed by atoms with Crippen LogP contribution >= 0.6 is 7.14 Å². The maximum Gasteiger partial charge on any atom is 0.171 e. The predicted molar refractivity (Wildman–Crippen MR) is 146 cm³/mol. The molecule has 0 N–H and O–H groups in total. The van der Waals surface area contributed by atoms with Crippen molar-refractivity contribution < 1.29 is 5.94 Å². The van der Waals surface area contributed by atoms with E-state index in [2.05, 4.69) is 30.3 Å². The number of rotatable bonds is 4. The van der Waals surface area contributed by atoms with Crippen LogP contribution in [0.25, 0.3) is 32.7 Å². The molecule has 0 fully saturated rings. The highest BCUT2D eigenvalue weighted by molar-refractivity contribution is 7.85. The number of hydrogen-bond acceptors (Lipinski definition) is 1. The first-order valence-corrected chi connectivity index (χ1v) is 13.1. The average molecular weight is 456 g/mol. The van der Waals surface area contributed by atoms with Crippen LogP contribution in [0.2, 0.25) is 0 Å². The first kappa shape index (κ1) is 19.5. The average Bonchev–Trinajstić information content (AvgIpc) is 2.93. The molecule has 0 amide bonds. The van der Waals surface area contributed by atoms with Gasteiger partial charge in [-0.1, -0.05) is 133 Å². The molecule has 0 saturated heterocycles. The quantitative estimate of drug-likeness (QED) is 0.255. The van der Waals surface area contributed by atoms with Crippen LogP contribution < -0.4 is 15.9 Å². The molecule has 0 bridgehead atoms. The SMILES string of the molecule is [2H]c1ccc2ccccc2c1-c1c(P(=O)(c2ccccc2)c2ccccc2)ccc2ccccc12. The van der Waals surface area contributed by atoms with Crippen molar-refractivity contribution in [3.63, 3.8) is 0 Å². The Morgan fingerprint density at radius 2 is 1.00 bits per heavy atom. The van der Waals surface area contributed by atoms with Crippen molar-refractivity contribution in [2.45, 2.75) is 0 Å². The van der Waals surface area contributed by atoms with Crippen LogP contribution in [0.15, 0.2) is 140 Å². The molecule has 0 heterocycles. The Morgan fingerprint density at radius 3 is 1.65 bits per heavy atom. The van der Waals surface area contributed by atoms with Crippen molar-refractivity contribution >= 4 is 44.6 Å². The molecule has 1 nitrogen and oxygen atoms in total. The van der Waals surface area contributed by atoms with Gasteiger partial charge in [-0.3, -0.25) is 0 Å². The summed E-state index contributed by atoms with van der Waals surface area (Å²) >= 11 is 0. The van der Waals surface area contributed by atoms with Crippen LogP contribution in [0.1, 0.15) is 1.37 Å². The fourth-order valence-electron chi connectivity index (χ4n) is 4.86. The van der Waals surface area contributed by atoms with Gasteiger partial charge in [0.1, 0.15) is 0 Å². The van der Waals surface area contributed by atoms with Crippen LogP contribution in [-0.2, 0) is 4.57 Å². The fraction of sp³-hybridized carbons (Fsp3) is 0. The standard InChI is InChI=1S/C32H23OP/c33-34(26-15-3-1-4-16-26,27-17-5-2-6-18-27)31-23-22-25-13-8-10-20-29(25)32(31)30-21-11-14-24-12-7-9-19-28(24)30/h1-23H/i21D. The molecular weight excluding hydrogens is 431 g/mol. The molecule has 0 atom stereocenters. The van der Waals surface area contributed by atoms with E-state index in [1.165, 1.54) is 0 Å². The van der Waals surface area contributed by atoms with Crippen LogP contribution in [-0.4, -0.2) is 0 Å². The lowest BCUT2D eigenvalue weighted by Gasteiger charge is -2.24. The van der Waals surface area contributed by atoms with Gasteiger partial charge in [0.05, 0.1) is 1.37 Å². The molecule has 0 aromatic heterocycles. The first-order chi connectivity index (χ1) is 17.2. The molecule has 6 rings (SSSR count). The van der Waals surface area contributed by atoms with Crippen LogP contribution in [0.5, 0.6) is 0 Å². The summed E-state index contributed by atoms with van der Waals surface area (Å²) in [4.78, 5) is 0. The van der Waals surface area contributed by atoms with Gasteiger partial charge in [0, 0.05) is 21.5 Å². The minimum absolute atomic E-state index is 0.425. The van der Waals surface area contributed by atoms with Gasteiger partial charge in [0.25, 0.3) is 0 Å². The van der Waals surface area contributed by atoms with Gasteiger partial charge in [0.2, 0.25) is 0 Å². The highest BCUT2D eigenvalue weighted by Crippen LogP contribution is 2.47. The molecule has 0 saturated carbocycles. The van der Waals surface area contributed by atoms with E-state index in [1.807, 2.05) is 103 Å². The van der Waals surface area contributed by atoms with Gasteiger partial charge in [-0.15, -0.1) is 0 Å². The number of hydrogen-bond donors (Lipinski definition) is 0. The molecule has 0 aliphatic rings. The second-order valence-corrected chi connectivity index (χ2v) is 11.1. The van der Waals surface area contributed by atoms with E-state index in [9.17, 15) is 0 Å². The van der Waals surface area contributed by atoms with Gasteiger partial charge in [-0.2, -0.15) is 0 Å². The van der Waals surface area contributed by atoms with E-state index in [0.29, 0.717) is 6.04 Å². The van der Waals surface area contributed by atoms with E-state index in [-0.39, 0.29) is 0 Å². The van der Waals surface area contributed by atoms with E-state index >= 15 is 4.57 Å². The van der Waals surface area contributed by atoms with Crippen LogP contribution in [0, 0.1) is 0 Å². The lowest BCUT2D eigenvalue weighted by atomic mass is 9.94. The first-order valence-electron chi connectivity index (χ1n) is 11.9. The van der Waals surface area contributed by atoms with Crippen molar-refractivity contribution in [1.82, 2.24) is 0 Å². The smallest absolute Gasteiger partial charge is 0.171 e. The third-order valence-corrected chi connectivity index (χ3v) is 9.56. The highest BCUT2D eigenvalue weighted by Gasteiger charge is 2.33. The third kappa shape index (κ3) is 3.29. The summed E-state index contributed by atoms with van der Waals surface area (Å²) in [6.07, 6.45) is 0. The predicted octanol–water partition coefficient (Wildman–Crippen LogP) is 7.30. The van der Waals surface area contributed by atoms with Crippen molar-refractivity contribution in [2.75, 3.05) is 0 Å². The normalized spacial score (nSPS) is 12.1. The third-order valence-electron chi connectivity index (χ3n) is 6.46. The second-order valence-electron chi connectivity index (χ2n) is 8.40. The van der Waals surface area contributed by atoms with Crippen molar-refractivity contribution in [3.8, 4) is 11.1 Å². The molecule has 6 aromatic rings. The minimum Gasteiger partial charge on any atom is -0.309 e. The van der Waals surface area contributed by atoms with Gasteiger partial charge < -0.3 is 4.57 Å². The Hall–Kier alpha value is -3.93. The molecule has 0 aliphatic heterocycles. The van der Waals surface area contributed by atoms with Gasteiger partial charge >= 0.3 is 0 Å².